The number of anilines is 1. The molecular weight excluding hydrogens is 468 g/mol. The van der Waals surface area contributed by atoms with Crippen LogP contribution >= 0.6 is 34.2 Å². The standard InChI is InChI=1S/C16H16ClFINO3S/c1-16(19,12-8-10(17)4-6-14(12)23-2)20-13-9-11(18)5-7-15(13)24(3,21)22/h4-9,20H,1-3H3. The topological polar surface area (TPSA) is 55.4 Å². The number of methoxy groups -OCH3 is 1. The Balaban J connectivity index is 2.55. The van der Waals surface area contributed by atoms with Gasteiger partial charge >= 0.3 is 0 Å². The lowest BCUT2D eigenvalue weighted by molar-refractivity contribution is 0.407. The molecule has 0 saturated heterocycles. The van der Waals surface area contributed by atoms with E-state index in [4.69, 9.17) is 16.3 Å². The molecule has 130 valence electrons. The van der Waals surface area contributed by atoms with Crippen molar-refractivity contribution in [1.29, 1.82) is 0 Å². The molecule has 0 aliphatic heterocycles. The monoisotopic (exact) mass is 483 g/mol. The van der Waals surface area contributed by atoms with E-state index in [2.05, 4.69) is 27.9 Å². The summed E-state index contributed by atoms with van der Waals surface area (Å²) in [6, 6.07) is 8.66. The number of alkyl halides is 1. The Bertz CT molecular complexity index is 872. The molecule has 0 bridgehead atoms. The third-order valence-corrected chi connectivity index (χ3v) is 5.62. The molecular formula is C16H16ClFINO3S. The molecule has 4 nitrogen and oxygen atoms in total. The highest BCUT2D eigenvalue weighted by Gasteiger charge is 2.29. The minimum absolute atomic E-state index is 0.0211. The Labute approximate surface area is 159 Å². The van der Waals surface area contributed by atoms with Crippen molar-refractivity contribution in [3.8, 4) is 5.75 Å². The molecule has 2 aromatic rings. The summed E-state index contributed by atoms with van der Waals surface area (Å²) >= 11 is 8.17. The summed E-state index contributed by atoms with van der Waals surface area (Å²) in [5.41, 5.74) is 0.887. The summed E-state index contributed by atoms with van der Waals surface area (Å²) in [6.45, 7) is 1.82. The van der Waals surface area contributed by atoms with Gasteiger partial charge in [0, 0.05) is 16.8 Å². The van der Waals surface area contributed by atoms with Crippen molar-refractivity contribution in [2.75, 3.05) is 18.7 Å². The molecule has 8 heteroatoms. The van der Waals surface area contributed by atoms with Gasteiger partial charge in [-0.05, 0) is 65.9 Å². The van der Waals surface area contributed by atoms with Gasteiger partial charge in [-0.15, -0.1) is 0 Å². The summed E-state index contributed by atoms with van der Waals surface area (Å²) < 4.78 is 42.1. The second-order valence-corrected chi connectivity index (χ2v) is 9.96. The van der Waals surface area contributed by atoms with Crippen LogP contribution in [0.4, 0.5) is 10.1 Å². The molecule has 0 saturated carbocycles. The SMILES string of the molecule is COc1ccc(Cl)cc1C(C)(I)Nc1cc(F)ccc1S(C)(=O)=O. The number of rotatable bonds is 5. The summed E-state index contributed by atoms with van der Waals surface area (Å²) in [5, 5.41) is 3.59. The van der Waals surface area contributed by atoms with Crippen LogP contribution in [0.25, 0.3) is 0 Å². The van der Waals surface area contributed by atoms with E-state index >= 15 is 0 Å². The molecule has 0 heterocycles. The van der Waals surface area contributed by atoms with Gasteiger partial charge in [0.1, 0.15) is 15.1 Å². The van der Waals surface area contributed by atoms with Crippen LogP contribution in [0.5, 0.6) is 5.75 Å². The van der Waals surface area contributed by atoms with Gasteiger partial charge in [0.2, 0.25) is 0 Å². The fourth-order valence-corrected chi connectivity index (χ4v) is 4.00. The van der Waals surface area contributed by atoms with Crippen molar-refractivity contribution in [2.45, 2.75) is 15.4 Å². The van der Waals surface area contributed by atoms with Gasteiger partial charge in [-0.25, -0.2) is 12.8 Å². The number of sulfone groups is 1. The van der Waals surface area contributed by atoms with Crippen LogP contribution < -0.4 is 10.1 Å². The van der Waals surface area contributed by atoms with Crippen molar-refractivity contribution in [3.63, 3.8) is 0 Å². The van der Waals surface area contributed by atoms with Gasteiger partial charge in [-0.3, -0.25) is 0 Å². The van der Waals surface area contributed by atoms with Crippen molar-refractivity contribution in [3.05, 3.63) is 52.8 Å². The average Bonchev–Trinajstić information content (AvgIpc) is 2.45. The molecule has 0 amide bonds. The highest BCUT2D eigenvalue weighted by Crippen LogP contribution is 2.40. The van der Waals surface area contributed by atoms with Crippen molar-refractivity contribution >= 4 is 49.7 Å². The maximum atomic E-state index is 13.6. The van der Waals surface area contributed by atoms with E-state index in [1.165, 1.54) is 13.2 Å². The maximum absolute atomic E-state index is 13.6. The van der Waals surface area contributed by atoms with Gasteiger partial charge in [0.25, 0.3) is 0 Å². The molecule has 24 heavy (non-hydrogen) atoms. The Morgan fingerprint density at radius 1 is 1.25 bits per heavy atom. The summed E-state index contributed by atoms with van der Waals surface area (Å²) in [7, 11) is -1.99. The van der Waals surface area contributed by atoms with Gasteiger partial charge in [0.05, 0.1) is 17.7 Å². The minimum atomic E-state index is -3.52. The smallest absolute Gasteiger partial charge is 0.177 e. The van der Waals surface area contributed by atoms with E-state index in [1.54, 1.807) is 18.2 Å². The maximum Gasteiger partial charge on any atom is 0.177 e. The third-order valence-electron chi connectivity index (χ3n) is 3.38. The van der Waals surface area contributed by atoms with Crippen LogP contribution in [0.15, 0.2) is 41.3 Å². The molecule has 0 fully saturated rings. The fraction of sp³-hybridized carbons (Fsp3) is 0.250. The summed E-state index contributed by atoms with van der Waals surface area (Å²) in [6.07, 6.45) is 1.08. The van der Waals surface area contributed by atoms with E-state index in [-0.39, 0.29) is 10.6 Å². The first-order chi connectivity index (χ1) is 11.0. The number of halogens is 3. The van der Waals surface area contributed by atoms with Gasteiger partial charge in [0.15, 0.2) is 9.84 Å². The first-order valence-corrected chi connectivity index (χ1v) is 10.2. The zero-order valence-electron chi connectivity index (χ0n) is 13.2. The van der Waals surface area contributed by atoms with E-state index in [0.29, 0.717) is 16.3 Å². The lowest BCUT2D eigenvalue weighted by atomic mass is 10.1. The molecule has 0 aliphatic rings. The first-order valence-electron chi connectivity index (χ1n) is 6.85. The van der Waals surface area contributed by atoms with Crippen LogP contribution in [0.1, 0.15) is 12.5 Å². The van der Waals surface area contributed by atoms with E-state index in [0.717, 1.165) is 18.4 Å². The van der Waals surface area contributed by atoms with Crippen LogP contribution in [0.3, 0.4) is 0 Å². The second-order valence-electron chi connectivity index (χ2n) is 5.39. The quantitative estimate of drug-likeness (QED) is 0.292. The van der Waals surface area contributed by atoms with E-state index in [1.807, 2.05) is 6.92 Å². The molecule has 0 aliphatic carbocycles. The number of nitrogens with one attached hydrogen (secondary N) is 1. The van der Waals surface area contributed by atoms with E-state index < -0.39 is 19.2 Å². The van der Waals surface area contributed by atoms with Crippen molar-refractivity contribution in [2.24, 2.45) is 0 Å². The average molecular weight is 484 g/mol. The number of benzene rings is 2. The van der Waals surface area contributed by atoms with Gasteiger partial charge in [-0.1, -0.05) is 11.6 Å². The Kier molecular flexibility index (Phi) is 5.66. The highest BCUT2D eigenvalue weighted by atomic mass is 127. The number of ether oxygens (including phenoxy) is 1. The zero-order chi connectivity index (χ0) is 18.1. The Morgan fingerprint density at radius 2 is 1.92 bits per heavy atom. The Hall–Kier alpha value is -1.06. The zero-order valence-corrected chi connectivity index (χ0v) is 17.0. The van der Waals surface area contributed by atoms with Gasteiger partial charge in [-0.2, -0.15) is 0 Å². The van der Waals surface area contributed by atoms with Crippen LogP contribution in [0, 0.1) is 5.82 Å². The summed E-state index contributed by atoms with van der Waals surface area (Å²) in [5.74, 6) is 0.0521. The molecule has 1 atom stereocenters. The highest BCUT2D eigenvalue weighted by molar-refractivity contribution is 14.1. The van der Waals surface area contributed by atoms with Crippen LogP contribution in [-0.2, 0) is 13.4 Å². The molecule has 1 N–H and O–H groups in total. The predicted molar refractivity (Wildman–Crippen MR) is 103 cm³/mol. The first kappa shape index (κ1) is 19.3. The molecule has 0 radical (unpaired) electrons. The normalized spacial score (nSPS) is 14.1. The van der Waals surface area contributed by atoms with Crippen molar-refractivity contribution < 1.29 is 17.5 Å². The third kappa shape index (κ3) is 4.31. The molecule has 2 aromatic carbocycles. The lowest BCUT2D eigenvalue weighted by Gasteiger charge is -2.29. The Morgan fingerprint density at radius 3 is 2.50 bits per heavy atom. The molecule has 1 unspecified atom stereocenters. The molecule has 2 rings (SSSR count). The largest absolute Gasteiger partial charge is 0.496 e. The number of hydrogen-bond donors (Lipinski definition) is 1. The van der Waals surface area contributed by atoms with Crippen LogP contribution in [-0.4, -0.2) is 21.8 Å². The summed E-state index contributed by atoms with van der Waals surface area (Å²) in [4.78, 5) is 0.0211. The van der Waals surface area contributed by atoms with Gasteiger partial charge < -0.3 is 10.1 Å². The van der Waals surface area contributed by atoms with Crippen LogP contribution in [0.2, 0.25) is 5.02 Å². The van der Waals surface area contributed by atoms with E-state index in [9.17, 15) is 12.8 Å². The fourth-order valence-electron chi connectivity index (χ4n) is 2.29. The minimum Gasteiger partial charge on any atom is -0.496 e. The number of hydrogen-bond acceptors (Lipinski definition) is 4. The van der Waals surface area contributed by atoms with Crippen molar-refractivity contribution in [1.82, 2.24) is 0 Å². The molecule has 0 aromatic heterocycles. The lowest BCUT2D eigenvalue weighted by Crippen LogP contribution is -2.26. The molecule has 0 spiro atoms. The predicted octanol–water partition coefficient (Wildman–Crippen LogP) is 4.61. The second kappa shape index (κ2) is 7.05.